The number of aliphatic hydroxyl groups is 1. The monoisotopic (exact) mass is 168 g/mol. The highest BCUT2D eigenvalue weighted by Crippen LogP contribution is 2.14. The zero-order valence-corrected chi connectivity index (χ0v) is 7.03. The van der Waals surface area contributed by atoms with Crippen LogP contribution in [0.1, 0.15) is 11.3 Å². The van der Waals surface area contributed by atoms with Gasteiger partial charge in [0.2, 0.25) is 0 Å². The number of hydrogen-bond acceptors (Lipinski definition) is 4. The molecular formula is C8H12N2O2. The number of likely N-dealkylation sites (tertiary alicyclic amines) is 1. The highest BCUT2D eigenvalue weighted by atomic mass is 16.5. The summed E-state index contributed by atoms with van der Waals surface area (Å²) in [6, 6.07) is 0. The number of aryl methyl sites for hydroxylation is 1. The molecule has 0 aromatic carbocycles. The van der Waals surface area contributed by atoms with E-state index < -0.39 is 0 Å². The predicted molar refractivity (Wildman–Crippen MR) is 42.5 cm³/mol. The van der Waals surface area contributed by atoms with Crippen molar-refractivity contribution in [1.29, 1.82) is 0 Å². The molecule has 2 heterocycles. The third-order valence-corrected chi connectivity index (χ3v) is 2.18. The molecule has 0 radical (unpaired) electrons. The zero-order chi connectivity index (χ0) is 8.55. The molecule has 0 bridgehead atoms. The molecular weight excluding hydrogens is 156 g/mol. The third-order valence-electron chi connectivity index (χ3n) is 2.18. The lowest BCUT2D eigenvalue weighted by Crippen LogP contribution is -2.49. The van der Waals surface area contributed by atoms with Crippen molar-refractivity contribution in [3.63, 3.8) is 0 Å². The molecule has 0 spiro atoms. The fourth-order valence-corrected chi connectivity index (χ4v) is 1.38. The summed E-state index contributed by atoms with van der Waals surface area (Å²) in [5.74, 6) is 0. The molecule has 4 heteroatoms. The van der Waals surface area contributed by atoms with Gasteiger partial charge in [0.15, 0.2) is 0 Å². The molecule has 1 aliphatic heterocycles. The maximum absolute atomic E-state index is 9.04. The van der Waals surface area contributed by atoms with E-state index in [0.29, 0.717) is 0 Å². The second-order valence-electron chi connectivity index (χ2n) is 3.27. The Kier molecular flexibility index (Phi) is 1.86. The van der Waals surface area contributed by atoms with Crippen LogP contribution in [0.3, 0.4) is 0 Å². The quantitative estimate of drug-likeness (QED) is 0.683. The van der Waals surface area contributed by atoms with Gasteiger partial charge in [-0.25, -0.2) is 0 Å². The van der Waals surface area contributed by atoms with Crippen LogP contribution in [0.5, 0.6) is 0 Å². The van der Waals surface area contributed by atoms with Crippen LogP contribution in [0.4, 0.5) is 0 Å². The van der Waals surface area contributed by atoms with Crippen LogP contribution in [0.15, 0.2) is 10.8 Å². The molecule has 1 aliphatic rings. The van der Waals surface area contributed by atoms with Gasteiger partial charge in [0, 0.05) is 25.2 Å². The standard InChI is InChI=1S/C8H12N2O2/c1-6-7(5-12-9-6)2-10-3-8(11)4-10/h5,8,11H,2-4H2,1H3. The molecule has 0 aliphatic carbocycles. The SMILES string of the molecule is Cc1nocc1CN1CC(O)C1. The molecule has 1 fully saturated rings. The first-order valence-corrected chi connectivity index (χ1v) is 4.06. The number of rotatable bonds is 2. The van der Waals surface area contributed by atoms with Gasteiger partial charge in [-0.15, -0.1) is 0 Å². The van der Waals surface area contributed by atoms with Crippen LogP contribution in [0.25, 0.3) is 0 Å². The molecule has 1 N–H and O–H groups in total. The number of β-amino-alcohol motifs (C(OH)–C–C–N with tert-alkyl or cyclic N) is 1. The Balaban J connectivity index is 1.92. The van der Waals surface area contributed by atoms with Crippen LogP contribution in [-0.2, 0) is 6.54 Å². The van der Waals surface area contributed by atoms with E-state index in [0.717, 1.165) is 30.9 Å². The fraction of sp³-hybridized carbons (Fsp3) is 0.625. The first-order valence-electron chi connectivity index (χ1n) is 4.06. The fourth-order valence-electron chi connectivity index (χ4n) is 1.38. The number of hydrogen-bond donors (Lipinski definition) is 1. The van der Waals surface area contributed by atoms with Crippen LogP contribution in [-0.4, -0.2) is 34.4 Å². The predicted octanol–water partition coefficient (Wildman–Crippen LogP) is 0.160. The Morgan fingerprint density at radius 1 is 1.75 bits per heavy atom. The third kappa shape index (κ3) is 1.35. The normalized spacial score (nSPS) is 19.5. The Morgan fingerprint density at radius 3 is 3.00 bits per heavy atom. The maximum atomic E-state index is 9.04. The van der Waals surface area contributed by atoms with Gasteiger partial charge in [-0.2, -0.15) is 0 Å². The van der Waals surface area contributed by atoms with Crippen molar-refractivity contribution in [3.05, 3.63) is 17.5 Å². The summed E-state index contributed by atoms with van der Waals surface area (Å²) >= 11 is 0. The van der Waals surface area contributed by atoms with E-state index in [4.69, 9.17) is 9.63 Å². The van der Waals surface area contributed by atoms with Gasteiger partial charge in [-0.3, -0.25) is 4.90 Å². The van der Waals surface area contributed by atoms with Crippen LogP contribution in [0.2, 0.25) is 0 Å². The zero-order valence-electron chi connectivity index (χ0n) is 7.03. The van der Waals surface area contributed by atoms with Gasteiger partial charge < -0.3 is 9.63 Å². The van der Waals surface area contributed by atoms with Gasteiger partial charge in [-0.05, 0) is 6.92 Å². The van der Waals surface area contributed by atoms with Crippen LogP contribution < -0.4 is 0 Å². The first kappa shape index (κ1) is 7.76. The van der Waals surface area contributed by atoms with Crippen molar-refractivity contribution in [2.24, 2.45) is 0 Å². The van der Waals surface area contributed by atoms with Crippen molar-refractivity contribution in [1.82, 2.24) is 10.1 Å². The first-order chi connectivity index (χ1) is 5.75. The summed E-state index contributed by atoms with van der Waals surface area (Å²) in [7, 11) is 0. The molecule has 0 amide bonds. The highest BCUT2D eigenvalue weighted by molar-refractivity contribution is 5.12. The van der Waals surface area contributed by atoms with Crippen molar-refractivity contribution in [2.75, 3.05) is 13.1 Å². The Hall–Kier alpha value is -0.870. The summed E-state index contributed by atoms with van der Waals surface area (Å²) in [5, 5.41) is 12.8. The van der Waals surface area contributed by atoms with Crippen molar-refractivity contribution in [3.8, 4) is 0 Å². The number of nitrogens with zero attached hydrogens (tertiary/aromatic N) is 2. The van der Waals surface area contributed by atoms with Gasteiger partial charge in [-0.1, -0.05) is 5.16 Å². The molecule has 66 valence electrons. The molecule has 0 saturated carbocycles. The van der Waals surface area contributed by atoms with Crippen molar-refractivity contribution >= 4 is 0 Å². The van der Waals surface area contributed by atoms with Gasteiger partial charge >= 0.3 is 0 Å². The lowest BCUT2D eigenvalue weighted by atomic mass is 10.1. The summed E-state index contributed by atoms with van der Waals surface area (Å²) in [6.45, 7) is 4.30. The topological polar surface area (TPSA) is 49.5 Å². The maximum Gasteiger partial charge on any atom is 0.128 e. The van der Waals surface area contributed by atoms with E-state index in [-0.39, 0.29) is 6.10 Å². The Bertz CT molecular complexity index is 266. The second kappa shape index (κ2) is 2.88. The minimum absolute atomic E-state index is 0.134. The largest absolute Gasteiger partial charge is 0.390 e. The van der Waals surface area contributed by atoms with Crippen molar-refractivity contribution < 1.29 is 9.63 Å². The van der Waals surface area contributed by atoms with Crippen LogP contribution in [0, 0.1) is 6.92 Å². The van der Waals surface area contributed by atoms with E-state index in [9.17, 15) is 0 Å². The summed E-state index contributed by atoms with van der Waals surface area (Å²) in [4.78, 5) is 2.16. The average Bonchev–Trinajstić information content (AvgIpc) is 2.33. The van der Waals surface area contributed by atoms with E-state index in [1.165, 1.54) is 0 Å². The van der Waals surface area contributed by atoms with Gasteiger partial charge in [0.05, 0.1) is 11.8 Å². The molecule has 1 aromatic rings. The second-order valence-corrected chi connectivity index (χ2v) is 3.27. The van der Waals surface area contributed by atoms with Gasteiger partial charge in [0.1, 0.15) is 6.26 Å². The number of aromatic nitrogens is 1. The Morgan fingerprint density at radius 2 is 2.50 bits per heavy atom. The molecule has 4 nitrogen and oxygen atoms in total. The Labute approximate surface area is 70.8 Å². The molecule has 0 atom stereocenters. The lowest BCUT2D eigenvalue weighted by Gasteiger charge is -2.35. The minimum atomic E-state index is -0.134. The summed E-state index contributed by atoms with van der Waals surface area (Å²) in [5.41, 5.74) is 2.05. The smallest absolute Gasteiger partial charge is 0.128 e. The molecule has 12 heavy (non-hydrogen) atoms. The molecule has 2 rings (SSSR count). The van der Waals surface area contributed by atoms with E-state index >= 15 is 0 Å². The molecule has 0 unspecified atom stereocenters. The average molecular weight is 168 g/mol. The van der Waals surface area contributed by atoms with Gasteiger partial charge in [0.25, 0.3) is 0 Å². The van der Waals surface area contributed by atoms with E-state index in [1.807, 2.05) is 6.92 Å². The molecule has 1 saturated heterocycles. The minimum Gasteiger partial charge on any atom is -0.390 e. The summed E-state index contributed by atoms with van der Waals surface area (Å²) < 4.78 is 4.80. The van der Waals surface area contributed by atoms with E-state index in [2.05, 4.69) is 10.1 Å². The van der Waals surface area contributed by atoms with Crippen molar-refractivity contribution in [2.45, 2.75) is 19.6 Å². The summed E-state index contributed by atoms with van der Waals surface area (Å²) in [6.07, 6.45) is 1.53. The highest BCUT2D eigenvalue weighted by Gasteiger charge is 2.24. The van der Waals surface area contributed by atoms with E-state index in [1.54, 1.807) is 6.26 Å². The van der Waals surface area contributed by atoms with Crippen LogP contribution >= 0.6 is 0 Å². The lowest BCUT2D eigenvalue weighted by molar-refractivity contribution is -0.00304. The molecule has 1 aromatic heterocycles. The number of aliphatic hydroxyl groups excluding tert-OH is 1.